The summed E-state index contributed by atoms with van der Waals surface area (Å²) in [6.45, 7) is 4.45. The Bertz CT molecular complexity index is 762. The van der Waals surface area contributed by atoms with E-state index >= 15 is 0 Å². The van der Waals surface area contributed by atoms with Crippen LogP contribution in [0.2, 0.25) is 0 Å². The van der Waals surface area contributed by atoms with Crippen LogP contribution >= 0.6 is 15.9 Å². The molecule has 0 spiro atoms. The lowest BCUT2D eigenvalue weighted by Crippen LogP contribution is -2.30. The predicted octanol–water partition coefficient (Wildman–Crippen LogP) is 5.89. The molecule has 2 aromatic carbocycles. The minimum absolute atomic E-state index is 0.364. The SMILES string of the molecule is Cc1ccc(C)c2c1N[C@H](c1ccccc1Br)[C@@H]1CC=C[C@H]21. The van der Waals surface area contributed by atoms with Crippen molar-refractivity contribution in [1.82, 2.24) is 0 Å². The Morgan fingerprint density at radius 3 is 2.64 bits per heavy atom. The van der Waals surface area contributed by atoms with E-state index in [1.807, 2.05) is 0 Å². The van der Waals surface area contributed by atoms with Gasteiger partial charge in [0.25, 0.3) is 0 Å². The summed E-state index contributed by atoms with van der Waals surface area (Å²) in [7, 11) is 0. The number of hydrogen-bond acceptors (Lipinski definition) is 1. The largest absolute Gasteiger partial charge is 0.377 e. The van der Waals surface area contributed by atoms with E-state index < -0.39 is 0 Å². The summed E-state index contributed by atoms with van der Waals surface area (Å²) in [5, 5.41) is 3.86. The summed E-state index contributed by atoms with van der Waals surface area (Å²) in [6.07, 6.45) is 5.93. The van der Waals surface area contributed by atoms with Crippen LogP contribution in [0.15, 0.2) is 53.0 Å². The topological polar surface area (TPSA) is 12.0 Å². The average molecular weight is 354 g/mol. The second-order valence-corrected chi connectivity index (χ2v) is 7.34. The van der Waals surface area contributed by atoms with E-state index in [0.29, 0.717) is 17.9 Å². The second kappa shape index (κ2) is 5.27. The molecule has 2 heteroatoms. The molecule has 0 fully saturated rings. The Kier molecular flexibility index (Phi) is 3.37. The molecule has 0 radical (unpaired) electrons. The first-order valence-corrected chi connectivity index (χ1v) is 8.74. The fourth-order valence-corrected chi connectivity index (χ4v) is 4.61. The van der Waals surface area contributed by atoms with Crippen molar-refractivity contribution >= 4 is 21.6 Å². The van der Waals surface area contributed by atoms with E-state index in [0.717, 1.165) is 6.42 Å². The number of rotatable bonds is 1. The van der Waals surface area contributed by atoms with Crippen LogP contribution in [0.25, 0.3) is 0 Å². The molecule has 112 valence electrons. The number of nitrogens with one attached hydrogen (secondary N) is 1. The van der Waals surface area contributed by atoms with Crippen molar-refractivity contribution < 1.29 is 0 Å². The summed E-state index contributed by atoms with van der Waals surface area (Å²) >= 11 is 3.74. The Morgan fingerprint density at radius 1 is 1.05 bits per heavy atom. The van der Waals surface area contributed by atoms with Gasteiger partial charge in [-0.25, -0.2) is 0 Å². The van der Waals surface area contributed by atoms with Gasteiger partial charge in [0.2, 0.25) is 0 Å². The van der Waals surface area contributed by atoms with Crippen molar-refractivity contribution in [2.75, 3.05) is 5.32 Å². The van der Waals surface area contributed by atoms with Crippen molar-refractivity contribution in [3.8, 4) is 0 Å². The molecule has 0 bridgehead atoms. The fraction of sp³-hybridized carbons (Fsp3) is 0.300. The maximum absolute atomic E-state index is 3.86. The van der Waals surface area contributed by atoms with Gasteiger partial charge in [0, 0.05) is 16.1 Å². The zero-order chi connectivity index (χ0) is 15.3. The summed E-state index contributed by atoms with van der Waals surface area (Å²) in [5.41, 5.74) is 6.96. The van der Waals surface area contributed by atoms with Gasteiger partial charge < -0.3 is 5.32 Å². The van der Waals surface area contributed by atoms with Crippen LogP contribution in [0.5, 0.6) is 0 Å². The summed E-state index contributed by atoms with van der Waals surface area (Å²) in [4.78, 5) is 0. The lowest BCUT2D eigenvalue weighted by atomic mass is 9.75. The minimum Gasteiger partial charge on any atom is -0.377 e. The number of hydrogen-bond donors (Lipinski definition) is 1. The zero-order valence-corrected chi connectivity index (χ0v) is 14.5. The number of halogens is 1. The lowest BCUT2D eigenvalue weighted by Gasteiger charge is -2.39. The van der Waals surface area contributed by atoms with Gasteiger partial charge in [-0.3, -0.25) is 0 Å². The van der Waals surface area contributed by atoms with E-state index in [4.69, 9.17) is 0 Å². The van der Waals surface area contributed by atoms with Gasteiger partial charge in [0.15, 0.2) is 0 Å². The van der Waals surface area contributed by atoms with E-state index in [1.54, 1.807) is 0 Å². The van der Waals surface area contributed by atoms with E-state index in [1.165, 1.54) is 32.4 Å². The summed E-state index contributed by atoms with van der Waals surface area (Å²) in [5.74, 6) is 1.14. The third-order valence-electron chi connectivity index (χ3n) is 5.19. The number of aryl methyl sites for hydroxylation is 2. The average Bonchev–Trinajstić information content (AvgIpc) is 3.00. The predicted molar refractivity (Wildman–Crippen MR) is 96.4 cm³/mol. The Hall–Kier alpha value is -1.54. The highest BCUT2D eigenvalue weighted by Crippen LogP contribution is 2.52. The Balaban J connectivity index is 1.88. The van der Waals surface area contributed by atoms with Crippen molar-refractivity contribution in [2.24, 2.45) is 5.92 Å². The van der Waals surface area contributed by atoms with Crippen LogP contribution in [0.3, 0.4) is 0 Å². The van der Waals surface area contributed by atoms with Gasteiger partial charge in [-0.2, -0.15) is 0 Å². The molecular weight excluding hydrogens is 334 g/mol. The molecule has 2 aromatic rings. The molecule has 1 aliphatic heterocycles. The van der Waals surface area contributed by atoms with Crippen LogP contribution in [-0.4, -0.2) is 0 Å². The maximum Gasteiger partial charge on any atom is 0.0565 e. The highest BCUT2D eigenvalue weighted by molar-refractivity contribution is 9.10. The zero-order valence-electron chi connectivity index (χ0n) is 12.9. The monoisotopic (exact) mass is 353 g/mol. The summed E-state index contributed by atoms with van der Waals surface area (Å²) < 4.78 is 1.20. The highest BCUT2D eigenvalue weighted by Gasteiger charge is 2.39. The van der Waals surface area contributed by atoms with Crippen LogP contribution in [0.1, 0.15) is 40.6 Å². The number of benzene rings is 2. The summed E-state index contributed by atoms with van der Waals surface area (Å²) in [6, 6.07) is 13.5. The van der Waals surface area contributed by atoms with Crippen LogP contribution < -0.4 is 5.32 Å². The first-order chi connectivity index (χ1) is 10.7. The van der Waals surface area contributed by atoms with Crippen LogP contribution in [0, 0.1) is 19.8 Å². The van der Waals surface area contributed by atoms with Crippen molar-refractivity contribution in [2.45, 2.75) is 32.2 Å². The normalized spacial score (nSPS) is 25.5. The van der Waals surface area contributed by atoms with Gasteiger partial charge in [-0.15, -0.1) is 0 Å². The molecule has 2 aliphatic rings. The number of allylic oxidation sites excluding steroid dienone is 2. The van der Waals surface area contributed by atoms with E-state index in [-0.39, 0.29) is 0 Å². The third kappa shape index (κ3) is 2.04. The number of anilines is 1. The van der Waals surface area contributed by atoms with Gasteiger partial charge in [-0.1, -0.05) is 58.4 Å². The molecule has 1 N–H and O–H groups in total. The highest BCUT2D eigenvalue weighted by atomic mass is 79.9. The molecular formula is C20H20BrN. The van der Waals surface area contributed by atoms with E-state index in [9.17, 15) is 0 Å². The van der Waals surface area contributed by atoms with E-state index in [2.05, 4.69) is 83.6 Å². The molecule has 3 atom stereocenters. The smallest absolute Gasteiger partial charge is 0.0565 e. The van der Waals surface area contributed by atoms with Crippen LogP contribution in [-0.2, 0) is 0 Å². The first kappa shape index (κ1) is 14.1. The molecule has 1 aliphatic carbocycles. The fourth-order valence-electron chi connectivity index (χ4n) is 4.08. The molecule has 0 unspecified atom stereocenters. The molecule has 0 aromatic heterocycles. The molecule has 4 rings (SSSR count). The molecule has 1 nitrogen and oxygen atoms in total. The van der Waals surface area contributed by atoms with Crippen LogP contribution in [0.4, 0.5) is 5.69 Å². The van der Waals surface area contributed by atoms with Gasteiger partial charge in [0.1, 0.15) is 0 Å². The van der Waals surface area contributed by atoms with Gasteiger partial charge >= 0.3 is 0 Å². The minimum atomic E-state index is 0.364. The molecule has 1 heterocycles. The Labute approximate surface area is 140 Å². The van der Waals surface area contributed by atoms with Crippen molar-refractivity contribution in [3.63, 3.8) is 0 Å². The first-order valence-electron chi connectivity index (χ1n) is 7.94. The van der Waals surface area contributed by atoms with Crippen molar-refractivity contribution in [3.05, 3.63) is 75.3 Å². The molecule has 0 amide bonds. The molecule has 22 heavy (non-hydrogen) atoms. The maximum atomic E-state index is 3.86. The van der Waals surface area contributed by atoms with Gasteiger partial charge in [0.05, 0.1) is 6.04 Å². The third-order valence-corrected chi connectivity index (χ3v) is 5.91. The Morgan fingerprint density at radius 2 is 1.82 bits per heavy atom. The standard InChI is InChI=1S/C20H20BrN/c1-12-10-11-13(2)19-18(12)14-7-5-8-15(14)20(22-19)16-6-3-4-9-17(16)21/h3-7,9-11,14-15,20,22H,8H2,1-2H3/t14-,15+,20-/m0/s1. The van der Waals surface area contributed by atoms with Gasteiger partial charge in [-0.05, 0) is 54.5 Å². The molecule has 0 saturated carbocycles. The lowest BCUT2D eigenvalue weighted by molar-refractivity contribution is 0.423. The molecule has 0 saturated heterocycles. The quantitative estimate of drug-likeness (QED) is 0.630. The number of fused-ring (bicyclic) bond motifs is 3. The second-order valence-electron chi connectivity index (χ2n) is 6.49. The van der Waals surface area contributed by atoms with Crippen molar-refractivity contribution in [1.29, 1.82) is 0 Å².